The average molecular weight is 387 g/mol. The molecular formula is C16H29N5O6. The molecule has 154 valence electrons. The van der Waals surface area contributed by atoms with E-state index in [-0.39, 0.29) is 25.3 Å². The summed E-state index contributed by atoms with van der Waals surface area (Å²) < 4.78 is 0. The topological polar surface area (TPSA) is 194 Å². The Kier molecular flexibility index (Phi) is 10.7. The van der Waals surface area contributed by atoms with E-state index in [0.29, 0.717) is 6.42 Å². The molecule has 0 aromatic carbocycles. The van der Waals surface area contributed by atoms with Gasteiger partial charge in [0.05, 0.1) is 12.6 Å². The summed E-state index contributed by atoms with van der Waals surface area (Å²) in [5, 5.41) is 16.3. The van der Waals surface area contributed by atoms with Crippen LogP contribution in [0.1, 0.15) is 40.0 Å². The van der Waals surface area contributed by atoms with E-state index in [0.717, 1.165) is 0 Å². The van der Waals surface area contributed by atoms with Crippen molar-refractivity contribution in [3.63, 3.8) is 0 Å². The first-order chi connectivity index (χ1) is 12.5. The van der Waals surface area contributed by atoms with E-state index >= 15 is 0 Å². The second kappa shape index (κ2) is 11.8. The second-order valence-corrected chi connectivity index (χ2v) is 6.34. The van der Waals surface area contributed by atoms with Crippen LogP contribution in [0.3, 0.4) is 0 Å². The minimum atomic E-state index is -1.32. The van der Waals surface area contributed by atoms with Gasteiger partial charge in [0.2, 0.25) is 23.6 Å². The molecule has 0 aromatic heterocycles. The lowest BCUT2D eigenvalue weighted by Crippen LogP contribution is -2.55. The number of hydrogen-bond donors (Lipinski definition) is 6. The van der Waals surface area contributed by atoms with Crippen LogP contribution in [0.4, 0.5) is 0 Å². The van der Waals surface area contributed by atoms with Gasteiger partial charge in [-0.05, 0) is 19.3 Å². The monoisotopic (exact) mass is 387 g/mol. The van der Waals surface area contributed by atoms with E-state index in [1.807, 2.05) is 0 Å². The molecule has 0 saturated carbocycles. The summed E-state index contributed by atoms with van der Waals surface area (Å²) >= 11 is 0. The molecule has 27 heavy (non-hydrogen) atoms. The molecule has 8 N–H and O–H groups in total. The number of carbonyl (C=O) groups is 5. The zero-order chi connectivity index (χ0) is 21.1. The van der Waals surface area contributed by atoms with Gasteiger partial charge >= 0.3 is 5.97 Å². The van der Waals surface area contributed by atoms with Crippen LogP contribution in [0.25, 0.3) is 0 Å². The van der Waals surface area contributed by atoms with Crippen LogP contribution in [-0.2, 0) is 24.0 Å². The molecule has 4 unspecified atom stereocenters. The van der Waals surface area contributed by atoms with Crippen molar-refractivity contribution in [3.8, 4) is 0 Å². The summed E-state index contributed by atoms with van der Waals surface area (Å²) in [6.07, 6.45) is 0.159. The Morgan fingerprint density at radius 2 is 1.63 bits per heavy atom. The predicted molar refractivity (Wildman–Crippen MR) is 96.0 cm³/mol. The van der Waals surface area contributed by atoms with Crippen molar-refractivity contribution in [2.24, 2.45) is 17.4 Å². The van der Waals surface area contributed by atoms with Crippen LogP contribution < -0.4 is 27.4 Å². The molecule has 0 rings (SSSR count). The Labute approximate surface area is 157 Å². The number of amides is 4. The number of aliphatic carboxylic acids is 1. The molecule has 0 bridgehead atoms. The SMILES string of the molecule is CCC(C)C(NC(=O)CNC(=O)C(C)N)C(=O)NC(CCC(N)=O)C(=O)O. The van der Waals surface area contributed by atoms with Gasteiger partial charge in [-0.2, -0.15) is 0 Å². The zero-order valence-corrected chi connectivity index (χ0v) is 15.8. The minimum Gasteiger partial charge on any atom is -0.480 e. The van der Waals surface area contributed by atoms with Crippen molar-refractivity contribution < 1.29 is 29.1 Å². The van der Waals surface area contributed by atoms with Gasteiger partial charge in [-0.15, -0.1) is 0 Å². The number of nitrogens with one attached hydrogen (secondary N) is 3. The van der Waals surface area contributed by atoms with Gasteiger partial charge in [-0.25, -0.2) is 4.79 Å². The van der Waals surface area contributed by atoms with Crippen molar-refractivity contribution in [3.05, 3.63) is 0 Å². The van der Waals surface area contributed by atoms with Gasteiger partial charge < -0.3 is 32.5 Å². The summed E-state index contributed by atoms with van der Waals surface area (Å²) in [7, 11) is 0. The molecule has 4 amide bonds. The third-order valence-electron chi connectivity index (χ3n) is 3.94. The first-order valence-electron chi connectivity index (χ1n) is 8.63. The highest BCUT2D eigenvalue weighted by molar-refractivity contribution is 5.92. The maximum Gasteiger partial charge on any atom is 0.326 e. The van der Waals surface area contributed by atoms with E-state index in [1.54, 1.807) is 13.8 Å². The highest BCUT2D eigenvalue weighted by Gasteiger charge is 2.30. The van der Waals surface area contributed by atoms with E-state index in [9.17, 15) is 29.1 Å². The number of primary amides is 1. The van der Waals surface area contributed by atoms with Gasteiger partial charge in [-0.1, -0.05) is 20.3 Å². The number of carboxylic acid groups (broad SMARTS) is 1. The Balaban J connectivity index is 4.97. The fourth-order valence-electron chi connectivity index (χ4n) is 2.06. The van der Waals surface area contributed by atoms with Crippen LogP contribution in [0.15, 0.2) is 0 Å². The molecule has 0 saturated heterocycles. The molecule has 0 heterocycles. The van der Waals surface area contributed by atoms with Crippen molar-refractivity contribution in [1.29, 1.82) is 0 Å². The Hall–Kier alpha value is -2.69. The predicted octanol–water partition coefficient (Wildman–Crippen LogP) is -2.18. The van der Waals surface area contributed by atoms with Gasteiger partial charge in [0.25, 0.3) is 0 Å². The molecule has 0 radical (unpaired) electrons. The highest BCUT2D eigenvalue weighted by atomic mass is 16.4. The summed E-state index contributed by atoms with van der Waals surface area (Å²) in [6, 6.07) is -3.11. The second-order valence-electron chi connectivity index (χ2n) is 6.34. The molecule has 0 aliphatic heterocycles. The third kappa shape index (κ3) is 9.54. The van der Waals surface area contributed by atoms with E-state index in [2.05, 4.69) is 16.0 Å². The molecule has 4 atom stereocenters. The lowest BCUT2D eigenvalue weighted by Gasteiger charge is -2.25. The van der Waals surface area contributed by atoms with Crippen LogP contribution in [-0.4, -0.2) is 59.4 Å². The normalized spacial score (nSPS) is 15.0. The van der Waals surface area contributed by atoms with Crippen LogP contribution in [0.2, 0.25) is 0 Å². The Morgan fingerprint density at radius 3 is 2.07 bits per heavy atom. The van der Waals surface area contributed by atoms with E-state index < -0.39 is 47.7 Å². The summed E-state index contributed by atoms with van der Waals surface area (Å²) in [6.45, 7) is 4.60. The van der Waals surface area contributed by atoms with Gasteiger partial charge in [0.1, 0.15) is 12.1 Å². The maximum absolute atomic E-state index is 12.5. The summed E-state index contributed by atoms with van der Waals surface area (Å²) in [5.74, 6) is -4.15. The van der Waals surface area contributed by atoms with Crippen molar-refractivity contribution in [2.75, 3.05) is 6.54 Å². The highest BCUT2D eigenvalue weighted by Crippen LogP contribution is 2.09. The Bertz CT molecular complexity index is 566. The lowest BCUT2D eigenvalue weighted by atomic mass is 9.97. The van der Waals surface area contributed by atoms with Crippen molar-refractivity contribution in [2.45, 2.75) is 58.2 Å². The third-order valence-corrected chi connectivity index (χ3v) is 3.94. The van der Waals surface area contributed by atoms with Crippen LogP contribution in [0, 0.1) is 5.92 Å². The Morgan fingerprint density at radius 1 is 1.04 bits per heavy atom. The number of carbonyl (C=O) groups excluding carboxylic acids is 4. The minimum absolute atomic E-state index is 0.165. The standard InChI is InChI=1S/C16H29N5O6/c1-4-8(2)13(21-12(23)7-19-14(24)9(3)17)15(25)20-10(16(26)27)5-6-11(18)22/h8-10,13H,4-7,17H2,1-3H3,(H2,18,22)(H,19,24)(H,20,25)(H,21,23)(H,26,27). The van der Waals surface area contributed by atoms with E-state index in [4.69, 9.17) is 11.5 Å². The number of carboxylic acids is 1. The number of hydrogen-bond acceptors (Lipinski definition) is 6. The van der Waals surface area contributed by atoms with Crippen molar-refractivity contribution >= 4 is 29.6 Å². The zero-order valence-electron chi connectivity index (χ0n) is 15.8. The van der Waals surface area contributed by atoms with Gasteiger partial charge in [-0.3, -0.25) is 19.2 Å². The molecule has 11 heteroatoms. The van der Waals surface area contributed by atoms with Crippen LogP contribution in [0.5, 0.6) is 0 Å². The maximum atomic E-state index is 12.5. The average Bonchev–Trinajstić information content (AvgIpc) is 2.59. The molecule has 0 spiro atoms. The van der Waals surface area contributed by atoms with E-state index in [1.165, 1.54) is 6.92 Å². The molecule has 0 fully saturated rings. The number of nitrogens with two attached hydrogens (primary N) is 2. The van der Waals surface area contributed by atoms with Crippen LogP contribution >= 0.6 is 0 Å². The number of rotatable bonds is 12. The molecule has 11 nitrogen and oxygen atoms in total. The molecular weight excluding hydrogens is 358 g/mol. The quantitative estimate of drug-likeness (QED) is 0.219. The van der Waals surface area contributed by atoms with Gasteiger partial charge in [0, 0.05) is 6.42 Å². The first kappa shape index (κ1) is 24.3. The molecule has 0 aromatic rings. The lowest BCUT2D eigenvalue weighted by molar-refractivity contribution is -0.143. The molecule has 0 aliphatic rings. The van der Waals surface area contributed by atoms with Crippen molar-refractivity contribution in [1.82, 2.24) is 16.0 Å². The smallest absolute Gasteiger partial charge is 0.326 e. The first-order valence-corrected chi connectivity index (χ1v) is 8.63. The summed E-state index contributed by atoms with van der Waals surface area (Å²) in [4.78, 5) is 58.0. The van der Waals surface area contributed by atoms with Gasteiger partial charge in [0.15, 0.2) is 0 Å². The fraction of sp³-hybridized carbons (Fsp3) is 0.688. The molecule has 0 aliphatic carbocycles. The summed E-state index contributed by atoms with van der Waals surface area (Å²) in [5.41, 5.74) is 10.4. The fourth-order valence-corrected chi connectivity index (χ4v) is 2.06. The largest absolute Gasteiger partial charge is 0.480 e.